The zero-order valence-corrected chi connectivity index (χ0v) is 8.86. The van der Waals surface area contributed by atoms with Crippen LogP contribution in [0.3, 0.4) is 0 Å². The van der Waals surface area contributed by atoms with Crippen LogP contribution in [-0.2, 0) is 4.74 Å². The van der Waals surface area contributed by atoms with E-state index in [0.717, 1.165) is 24.8 Å². The molecule has 72 valence electrons. The van der Waals surface area contributed by atoms with Crippen molar-refractivity contribution in [2.75, 3.05) is 19.6 Å². The van der Waals surface area contributed by atoms with Gasteiger partial charge in [-0.3, -0.25) is 0 Å². The standard InChI is InChI=1S/C10H19ClO/c1-9(4-7-12-2)10(8-11)5-3-6-10/h9H,3-8H2,1-2H3. The van der Waals surface area contributed by atoms with Gasteiger partial charge in [-0.1, -0.05) is 13.3 Å². The SMILES string of the molecule is COCCC(C)C1(CCl)CCC1. The summed E-state index contributed by atoms with van der Waals surface area (Å²) in [5.74, 6) is 1.56. The summed E-state index contributed by atoms with van der Waals surface area (Å²) in [6, 6.07) is 0. The van der Waals surface area contributed by atoms with Crippen LogP contribution >= 0.6 is 11.6 Å². The Hall–Kier alpha value is 0.250. The Morgan fingerprint density at radius 3 is 2.50 bits per heavy atom. The van der Waals surface area contributed by atoms with E-state index in [9.17, 15) is 0 Å². The van der Waals surface area contributed by atoms with Gasteiger partial charge >= 0.3 is 0 Å². The van der Waals surface area contributed by atoms with Gasteiger partial charge in [0.1, 0.15) is 0 Å². The molecule has 0 heterocycles. The summed E-state index contributed by atoms with van der Waals surface area (Å²) in [5.41, 5.74) is 0.458. The first kappa shape index (κ1) is 10.3. The van der Waals surface area contributed by atoms with Crippen molar-refractivity contribution in [3.05, 3.63) is 0 Å². The van der Waals surface area contributed by atoms with Crippen molar-refractivity contribution in [1.29, 1.82) is 0 Å². The fourth-order valence-electron chi connectivity index (χ4n) is 1.99. The van der Waals surface area contributed by atoms with E-state index in [1.54, 1.807) is 7.11 Å². The maximum absolute atomic E-state index is 5.99. The summed E-state index contributed by atoms with van der Waals surface area (Å²) < 4.78 is 5.08. The van der Waals surface area contributed by atoms with E-state index in [2.05, 4.69) is 6.92 Å². The van der Waals surface area contributed by atoms with Gasteiger partial charge in [0.15, 0.2) is 0 Å². The minimum Gasteiger partial charge on any atom is -0.385 e. The van der Waals surface area contributed by atoms with Crippen molar-refractivity contribution in [2.45, 2.75) is 32.6 Å². The maximum Gasteiger partial charge on any atom is 0.0465 e. The fourth-order valence-corrected chi connectivity index (χ4v) is 2.52. The third kappa shape index (κ3) is 1.94. The highest BCUT2D eigenvalue weighted by Crippen LogP contribution is 2.48. The highest BCUT2D eigenvalue weighted by Gasteiger charge is 2.40. The Labute approximate surface area is 80.4 Å². The van der Waals surface area contributed by atoms with Gasteiger partial charge in [-0.25, -0.2) is 0 Å². The molecule has 1 saturated carbocycles. The largest absolute Gasteiger partial charge is 0.385 e. The van der Waals surface area contributed by atoms with Crippen LogP contribution in [0.5, 0.6) is 0 Å². The van der Waals surface area contributed by atoms with Gasteiger partial charge in [0.25, 0.3) is 0 Å². The zero-order valence-electron chi connectivity index (χ0n) is 8.11. The smallest absolute Gasteiger partial charge is 0.0465 e. The van der Waals surface area contributed by atoms with Crippen molar-refractivity contribution in [2.24, 2.45) is 11.3 Å². The number of rotatable bonds is 5. The second-order valence-corrected chi connectivity index (χ2v) is 4.30. The van der Waals surface area contributed by atoms with Crippen LogP contribution < -0.4 is 0 Å². The molecule has 0 aromatic rings. The summed E-state index contributed by atoms with van der Waals surface area (Å²) in [6.45, 7) is 3.18. The molecule has 12 heavy (non-hydrogen) atoms. The van der Waals surface area contributed by atoms with Gasteiger partial charge in [0.05, 0.1) is 0 Å². The van der Waals surface area contributed by atoms with E-state index < -0.39 is 0 Å². The van der Waals surface area contributed by atoms with E-state index in [4.69, 9.17) is 16.3 Å². The number of alkyl halides is 1. The van der Waals surface area contributed by atoms with Gasteiger partial charge in [0, 0.05) is 19.6 Å². The number of methoxy groups -OCH3 is 1. The van der Waals surface area contributed by atoms with Crippen LogP contribution in [0.25, 0.3) is 0 Å². The topological polar surface area (TPSA) is 9.23 Å². The van der Waals surface area contributed by atoms with Crippen LogP contribution in [0.2, 0.25) is 0 Å². The molecule has 1 nitrogen and oxygen atoms in total. The van der Waals surface area contributed by atoms with E-state index >= 15 is 0 Å². The van der Waals surface area contributed by atoms with E-state index in [0.29, 0.717) is 5.41 Å². The summed E-state index contributed by atoms with van der Waals surface area (Å²) in [4.78, 5) is 0. The van der Waals surface area contributed by atoms with Crippen molar-refractivity contribution in [3.8, 4) is 0 Å². The molecule has 0 aliphatic heterocycles. The molecule has 0 spiro atoms. The lowest BCUT2D eigenvalue weighted by Gasteiger charge is -2.45. The molecule has 1 fully saturated rings. The average Bonchev–Trinajstić information content (AvgIpc) is 2.00. The Morgan fingerprint density at radius 1 is 1.50 bits per heavy atom. The molecule has 0 aromatic heterocycles. The second-order valence-electron chi connectivity index (χ2n) is 4.03. The van der Waals surface area contributed by atoms with Crippen molar-refractivity contribution in [1.82, 2.24) is 0 Å². The van der Waals surface area contributed by atoms with Crippen LogP contribution in [-0.4, -0.2) is 19.6 Å². The van der Waals surface area contributed by atoms with Crippen LogP contribution in [0.4, 0.5) is 0 Å². The third-order valence-corrected chi connectivity index (χ3v) is 3.95. The van der Waals surface area contributed by atoms with Crippen LogP contribution in [0.1, 0.15) is 32.6 Å². The molecule has 0 amide bonds. The molecule has 1 rings (SSSR count). The van der Waals surface area contributed by atoms with E-state index in [1.807, 2.05) is 0 Å². The molecule has 1 unspecified atom stereocenters. The summed E-state index contributed by atoms with van der Waals surface area (Å²) in [5, 5.41) is 0. The lowest BCUT2D eigenvalue weighted by atomic mass is 9.62. The van der Waals surface area contributed by atoms with Gasteiger partial charge in [-0.15, -0.1) is 11.6 Å². The molecule has 1 atom stereocenters. The predicted octanol–water partition coefficient (Wildman–Crippen LogP) is 3.07. The molecule has 1 aliphatic carbocycles. The third-order valence-electron chi connectivity index (χ3n) is 3.42. The number of ether oxygens (including phenoxy) is 1. The van der Waals surface area contributed by atoms with Crippen LogP contribution in [0.15, 0.2) is 0 Å². The van der Waals surface area contributed by atoms with Gasteiger partial charge in [0.2, 0.25) is 0 Å². The number of hydrogen-bond donors (Lipinski definition) is 0. The minimum atomic E-state index is 0.458. The highest BCUT2D eigenvalue weighted by atomic mass is 35.5. The Balaban J connectivity index is 2.32. The second kappa shape index (κ2) is 4.48. The maximum atomic E-state index is 5.99. The zero-order chi connectivity index (χ0) is 9.03. The van der Waals surface area contributed by atoms with E-state index in [1.165, 1.54) is 19.3 Å². The molecule has 0 aromatic carbocycles. The van der Waals surface area contributed by atoms with Crippen molar-refractivity contribution < 1.29 is 4.74 Å². The first-order valence-corrected chi connectivity index (χ1v) is 5.33. The normalized spacial score (nSPS) is 23.2. The van der Waals surface area contributed by atoms with Crippen LogP contribution in [0, 0.1) is 11.3 Å². The first-order valence-electron chi connectivity index (χ1n) is 4.80. The van der Waals surface area contributed by atoms with Gasteiger partial charge in [-0.2, -0.15) is 0 Å². The molecular formula is C10H19ClO. The lowest BCUT2D eigenvalue weighted by molar-refractivity contribution is 0.0597. The minimum absolute atomic E-state index is 0.458. The average molecular weight is 191 g/mol. The molecular weight excluding hydrogens is 172 g/mol. The Morgan fingerprint density at radius 2 is 2.17 bits per heavy atom. The quantitative estimate of drug-likeness (QED) is 0.606. The first-order chi connectivity index (χ1) is 5.75. The van der Waals surface area contributed by atoms with Crippen molar-refractivity contribution in [3.63, 3.8) is 0 Å². The van der Waals surface area contributed by atoms with E-state index in [-0.39, 0.29) is 0 Å². The fraction of sp³-hybridized carbons (Fsp3) is 1.00. The highest BCUT2D eigenvalue weighted by molar-refractivity contribution is 6.18. The monoisotopic (exact) mass is 190 g/mol. The summed E-state index contributed by atoms with van der Waals surface area (Å²) >= 11 is 5.99. The number of hydrogen-bond acceptors (Lipinski definition) is 1. The molecule has 0 bridgehead atoms. The van der Waals surface area contributed by atoms with Gasteiger partial charge in [-0.05, 0) is 30.6 Å². The molecule has 1 aliphatic rings. The number of halogens is 1. The Bertz CT molecular complexity index is 126. The molecule has 0 radical (unpaired) electrons. The van der Waals surface area contributed by atoms with Gasteiger partial charge < -0.3 is 4.74 Å². The Kier molecular flexibility index (Phi) is 3.85. The molecule has 2 heteroatoms. The predicted molar refractivity (Wildman–Crippen MR) is 52.7 cm³/mol. The molecule has 0 saturated heterocycles. The summed E-state index contributed by atoms with van der Waals surface area (Å²) in [7, 11) is 1.76. The molecule has 0 N–H and O–H groups in total. The summed E-state index contributed by atoms with van der Waals surface area (Å²) in [6.07, 6.45) is 5.16. The van der Waals surface area contributed by atoms with Crippen molar-refractivity contribution >= 4 is 11.6 Å². The lowest BCUT2D eigenvalue weighted by Crippen LogP contribution is -2.38.